The van der Waals surface area contributed by atoms with E-state index in [1.807, 2.05) is 0 Å². The maximum Gasteiger partial charge on any atom is 0.306 e. The number of hydrogen-bond acceptors (Lipinski definition) is 5. The Labute approximate surface area is 208 Å². The van der Waals surface area contributed by atoms with Crippen molar-refractivity contribution in [1.82, 2.24) is 0 Å². The van der Waals surface area contributed by atoms with Crippen molar-refractivity contribution in [3.8, 4) is 0 Å². The van der Waals surface area contributed by atoms with E-state index in [4.69, 9.17) is 18.0 Å². The fraction of sp³-hybridized carbons (Fsp3) is 0.960. The highest BCUT2D eigenvalue weighted by atomic mass is 28.4. The summed E-state index contributed by atoms with van der Waals surface area (Å²) >= 11 is 0. The number of carbonyl (C=O) groups excluding carboxylic acids is 1. The summed E-state index contributed by atoms with van der Waals surface area (Å²) in [6, 6.07) is 6.55. The standard InChI is InChI=1S/C25H54O5Si3/c1-12-32(13-2,14-3)27-20-22(29-33(15-4,16-5)17-6)24(21-18-19-23(26)28-21)30-31(10,11)25(7,8)9/h21-22,24H,12-20H2,1-11H3/t21-,22+,24-/m0/s1. The summed E-state index contributed by atoms with van der Waals surface area (Å²) in [4.78, 5) is 12.1. The van der Waals surface area contributed by atoms with Crippen molar-refractivity contribution in [2.45, 2.75) is 148 Å². The third-order valence-corrected chi connectivity index (χ3v) is 22.5. The van der Waals surface area contributed by atoms with Crippen LogP contribution in [0.25, 0.3) is 0 Å². The van der Waals surface area contributed by atoms with Crippen molar-refractivity contribution in [3.05, 3.63) is 0 Å². The van der Waals surface area contributed by atoms with Crippen LogP contribution in [0.1, 0.15) is 75.2 Å². The number of hydrogen-bond donors (Lipinski definition) is 0. The Morgan fingerprint density at radius 3 is 1.73 bits per heavy atom. The van der Waals surface area contributed by atoms with Gasteiger partial charge in [-0.15, -0.1) is 0 Å². The second-order valence-corrected chi connectivity index (χ2v) is 25.6. The van der Waals surface area contributed by atoms with Gasteiger partial charge in [0.15, 0.2) is 25.0 Å². The van der Waals surface area contributed by atoms with E-state index < -0.39 is 25.0 Å². The Hall–Kier alpha value is 0.000649. The molecule has 0 aromatic rings. The topological polar surface area (TPSA) is 54.0 Å². The van der Waals surface area contributed by atoms with E-state index in [-0.39, 0.29) is 29.3 Å². The lowest BCUT2D eigenvalue weighted by Gasteiger charge is -2.45. The maximum atomic E-state index is 12.1. The molecule has 0 aliphatic carbocycles. The molecular weight excluding hydrogens is 465 g/mol. The molecule has 5 nitrogen and oxygen atoms in total. The lowest BCUT2D eigenvalue weighted by Crippen LogP contribution is -2.56. The van der Waals surface area contributed by atoms with E-state index in [9.17, 15) is 4.79 Å². The normalized spacial score (nSPS) is 20.1. The average Bonchev–Trinajstić information content (AvgIpc) is 3.21. The molecule has 0 aromatic heterocycles. The van der Waals surface area contributed by atoms with E-state index in [1.165, 1.54) is 0 Å². The third-order valence-electron chi connectivity index (χ3n) is 8.71. The highest BCUT2D eigenvalue weighted by molar-refractivity contribution is 6.74. The fourth-order valence-corrected chi connectivity index (χ4v) is 11.3. The molecule has 1 aliphatic heterocycles. The van der Waals surface area contributed by atoms with E-state index >= 15 is 0 Å². The molecule has 33 heavy (non-hydrogen) atoms. The van der Waals surface area contributed by atoms with Crippen LogP contribution in [0.15, 0.2) is 0 Å². The van der Waals surface area contributed by atoms with Gasteiger partial charge in [0, 0.05) is 6.42 Å². The smallest absolute Gasteiger partial charge is 0.306 e. The Balaban J connectivity index is 3.41. The van der Waals surface area contributed by atoms with E-state index in [0.717, 1.165) is 36.3 Å². The van der Waals surface area contributed by atoms with Gasteiger partial charge in [-0.05, 0) is 60.8 Å². The molecule has 0 bridgehead atoms. The quantitative estimate of drug-likeness (QED) is 0.166. The summed E-state index contributed by atoms with van der Waals surface area (Å²) in [5, 5.41) is 0.0584. The number of ether oxygens (including phenoxy) is 1. The second-order valence-electron chi connectivity index (χ2n) is 11.4. The molecular formula is C25H54O5Si3. The Morgan fingerprint density at radius 2 is 1.36 bits per heavy atom. The zero-order valence-corrected chi connectivity index (χ0v) is 26.6. The van der Waals surface area contributed by atoms with Gasteiger partial charge in [-0.3, -0.25) is 4.79 Å². The molecule has 3 atom stereocenters. The van der Waals surface area contributed by atoms with Crippen molar-refractivity contribution >= 4 is 30.9 Å². The lowest BCUT2D eigenvalue weighted by atomic mass is 10.1. The minimum atomic E-state index is -2.13. The van der Waals surface area contributed by atoms with E-state index in [2.05, 4.69) is 75.4 Å². The molecule has 1 rings (SSSR count). The van der Waals surface area contributed by atoms with Gasteiger partial charge in [0.1, 0.15) is 12.2 Å². The van der Waals surface area contributed by atoms with Gasteiger partial charge < -0.3 is 18.0 Å². The monoisotopic (exact) mass is 518 g/mol. The third kappa shape index (κ3) is 8.00. The summed E-state index contributed by atoms with van der Waals surface area (Å²) < 4.78 is 26.8. The maximum absolute atomic E-state index is 12.1. The summed E-state index contributed by atoms with van der Waals surface area (Å²) in [5.74, 6) is -0.118. The summed E-state index contributed by atoms with van der Waals surface area (Å²) in [7, 11) is -5.85. The molecule has 0 aromatic carbocycles. The fourth-order valence-electron chi connectivity index (χ4n) is 4.52. The molecule has 1 saturated heterocycles. The number of cyclic esters (lactones) is 1. The van der Waals surface area contributed by atoms with Crippen molar-refractivity contribution in [3.63, 3.8) is 0 Å². The van der Waals surface area contributed by atoms with Gasteiger partial charge in [0.25, 0.3) is 0 Å². The Bertz CT molecular complexity index is 581. The Kier molecular flexibility index (Phi) is 12.0. The number of rotatable bonds is 15. The van der Waals surface area contributed by atoms with Crippen LogP contribution >= 0.6 is 0 Å². The molecule has 0 amide bonds. The highest BCUT2D eigenvalue weighted by Crippen LogP contribution is 2.40. The van der Waals surface area contributed by atoms with Crippen LogP contribution < -0.4 is 0 Å². The molecule has 8 heteroatoms. The van der Waals surface area contributed by atoms with Gasteiger partial charge in [-0.1, -0.05) is 62.3 Å². The number of esters is 1. The molecule has 0 radical (unpaired) electrons. The molecule has 0 spiro atoms. The van der Waals surface area contributed by atoms with E-state index in [1.54, 1.807) is 0 Å². The molecule has 0 saturated carbocycles. The van der Waals surface area contributed by atoms with Crippen LogP contribution in [0, 0.1) is 0 Å². The first-order valence-electron chi connectivity index (χ1n) is 13.5. The molecule has 196 valence electrons. The molecule has 1 fully saturated rings. The minimum Gasteiger partial charge on any atom is -0.460 e. The van der Waals surface area contributed by atoms with Crippen LogP contribution in [-0.4, -0.2) is 55.8 Å². The van der Waals surface area contributed by atoms with E-state index in [0.29, 0.717) is 19.4 Å². The first-order valence-corrected chi connectivity index (χ1v) is 21.4. The summed E-state index contributed by atoms with van der Waals surface area (Å²) in [5.41, 5.74) is 0. The SMILES string of the molecule is CC[Si](CC)(CC)OC[C@@H](O[Si](CC)(CC)CC)[C@@H](O[Si](C)(C)C(C)(C)C)[C@@H]1CCC(=O)O1. The predicted octanol–water partition coefficient (Wildman–Crippen LogP) is 7.49. The van der Waals surface area contributed by atoms with Crippen LogP contribution in [0.2, 0.25) is 54.4 Å². The summed E-state index contributed by atoms with van der Waals surface area (Å²) in [6.45, 7) is 25.5. The van der Waals surface area contributed by atoms with Gasteiger partial charge in [0.05, 0.1) is 12.7 Å². The molecule has 0 unspecified atom stereocenters. The lowest BCUT2D eigenvalue weighted by molar-refractivity contribution is -0.148. The van der Waals surface area contributed by atoms with Crippen molar-refractivity contribution < 1.29 is 22.8 Å². The molecule has 1 heterocycles. The molecule has 1 aliphatic rings. The zero-order valence-electron chi connectivity index (χ0n) is 23.6. The number of carbonyl (C=O) groups is 1. The first-order chi connectivity index (χ1) is 15.3. The van der Waals surface area contributed by atoms with Gasteiger partial charge >= 0.3 is 5.97 Å². The zero-order chi connectivity index (χ0) is 25.5. The van der Waals surface area contributed by atoms with Gasteiger partial charge in [-0.2, -0.15) is 0 Å². The van der Waals surface area contributed by atoms with Crippen molar-refractivity contribution in [1.29, 1.82) is 0 Å². The molecule has 0 N–H and O–H groups in total. The van der Waals surface area contributed by atoms with Gasteiger partial charge in [0.2, 0.25) is 0 Å². The van der Waals surface area contributed by atoms with Crippen LogP contribution in [0.4, 0.5) is 0 Å². The highest BCUT2D eigenvalue weighted by Gasteiger charge is 2.48. The van der Waals surface area contributed by atoms with Crippen LogP contribution in [0.5, 0.6) is 0 Å². The minimum absolute atomic E-state index is 0.0584. The van der Waals surface area contributed by atoms with Crippen molar-refractivity contribution in [2.24, 2.45) is 0 Å². The second kappa shape index (κ2) is 12.8. The summed E-state index contributed by atoms with van der Waals surface area (Å²) in [6.07, 6.45) is 0.447. The predicted molar refractivity (Wildman–Crippen MR) is 146 cm³/mol. The largest absolute Gasteiger partial charge is 0.460 e. The average molecular weight is 519 g/mol. The van der Waals surface area contributed by atoms with Crippen LogP contribution in [-0.2, 0) is 22.8 Å². The van der Waals surface area contributed by atoms with Crippen LogP contribution in [0.3, 0.4) is 0 Å². The Morgan fingerprint density at radius 1 is 0.879 bits per heavy atom. The van der Waals surface area contributed by atoms with Crippen molar-refractivity contribution in [2.75, 3.05) is 6.61 Å². The van der Waals surface area contributed by atoms with Gasteiger partial charge in [-0.25, -0.2) is 0 Å². The first kappa shape index (κ1) is 31.0.